The van der Waals surface area contributed by atoms with Crippen LogP contribution in [0.2, 0.25) is 0 Å². The first-order valence-corrected chi connectivity index (χ1v) is 14.4. The fraction of sp³-hybridized carbons (Fsp3) is 0.424. The summed E-state index contributed by atoms with van der Waals surface area (Å²) in [4.78, 5) is 12.4. The number of nitrogens with zero attached hydrogens (tertiary/aromatic N) is 2. The zero-order valence-corrected chi connectivity index (χ0v) is 30.1. The van der Waals surface area contributed by atoms with Crippen molar-refractivity contribution >= 4 is 6.03 Å². The second kappa shape index (κ2) is 15.4. The van der Waals surface area contributed by atoms with Crippen LogP contribution in [0, 0.1) is 61.8 Å². The summed E-state index contributed by atoms with van der Waals surface area (Å²) >= 11 is 0. The average Bonchev–Trinajstić information content (AvgIpc) is 3.89. The fourth-order valence-electron chi connectivity index (χ4n) is 5.87. The molecule has 13 heteroatoms. The molecule has 3 saturated carbocycles. The number of carbonyl (C=O) groups excluding carboxylic acids is 1. The molecule has 0 spiro atoms. The van der Waals surface area contributed by atoms with E-state index < -0.39 is 72.5 Å². The predicted octanol–water partition coefficient (Wildman–Crippen LogP) is 6.43. The van der Waals surface area contributed by atoms with Crippen molar-refractivity contribution in [3.05, 3.63) is 108 Å². The van der Waals surface area contributed by atoms with Crippen LogP contribution in [0.25, 0.3) is 0 Å². The summed E-state index contributed by atoms with van der Waals surface area (Å²) in [6.07, 6.45) is 0. The van der Waals surface area contributed by atoms with E-state index >= 15 is 0 Å². The van der Waals surface area contributed by atoms with Crippen LogP contribution in [-0.2, 0) is 0 Å². The molecule has 46 heavy (non-hydrogen) atoms. The third-order valence-electron chi connectivity index (χ3n) is 8.47. The maximum Gasteiger partial charge on any atom is 0.338 e. The molecular weight excluding hydrogens is 827 g/mol. The topological polar surface area (TPSA) is 90.0 Å². The van der Waals surface area contributed by atoms with Crippen molar-refractivity contribution in [2.24, 2.45) is 23.5 Å². The van der Waals surface area contributed by atoms with Crippen LogP contribution in [0.15, 0.2) is 91.0 Å². The van der Waals surface area contributed by atoms with Gasteiger partial charge >= 0.3 is 6.03 Å². The van der Waals surface area contributed by atoms with Gasteiger partial charge in [0.05, 0.1) is 42.7 Å². The number of alkyl halides is 6. The Morgan fingerprint density at radius 2 is 0.957 bits per heavy atom. The molecule has 3 unspecified atom stereocenters. The average molecular weight is 865 g/mol. The van der Waals surface area contributed by atoms with Gasteiger partial charge in [0.2, 0.25) is 0 Å². The first kappa shape index (κ1) is 38.3. The van der Waals surface area contributed by atoms with E-state index in [1.807, 2.05) is 37.2 Å². The zero-order valence-electron chi connectivity index (χ0n) is 25.4. The number of benzene rings is 3. The molecule has 2 amide bonds. The molecule has 3 aromatic rings. The zero-order chi connectivity index (χ0) is 33.2. The van der Waals surface area contributed by atoms with E-state index in [9.17, 15) is 31.1 Å². The van der Waals surface area contributed by atoms with Crippen molar-refractivity contribution in [3.8, 4) is 0 Å². The van der Waals surface area contributed by atoms with Crippen LogP contribution >= 0.6 is 0 Å². The standard InChI is InChI=1S/C12H15F2N.C11H12F2N2O2.C10H10F2O.Ac/c1-15(2)8-10-11(12(10,13)14)9-6-4-3-5-7-9;12-11(13)8(6-15(17)10(14)16)9(11)7-4-2-1-3-5-7;11-10(12)8(6-13)9(10)7-4-2-1-3-5-7;/h3-7,10-11H,8H2,1-2H3;1-5,8-9,17H,6H2,(H2,14,16);1-5,8-9,13H,6H2;/t10-,11?;2*8-,9?;/m111./s1. The molecular formula is C33H37AcF6N3O3. The van der Waals surface area contributed by atoms with Gasteiger partial charge in [0.1, 0.15) is 0 Å². The van der Waals surface area contributed by atoms with Gasteiger partial charge in [-0.2, -0.15) is 0 Å². The molecule has 3 fully saturated rings. The number of hydroxylamine groups is 2. The number of aliphatic hydroxyl groups excluding tert-OH is 1. The maximum absolute atomic E-state index is 13.5. The van der Waals surface area contributed by atoms with Crippen molar-refractivity contribution in [3.63, 3.8) is 0 Å². The van der Waals surface area contributed by atoms with E-state index in [1.165, 1.54) is 0 Å². The minimum absolute atomic E-state index is 0. The third-order valence-corrected chi connectivity index (χ3v) is 8.47. The van der Waals surface area contributed by atoms with Crippen LogP contribution in [0.3, 0.4) is 0 Å². The van der Waals surface area contributed by atoms with E-state index in [0.29, 0.717) is 17.7 Å². The van der Waals surface area contributed by atoms with E-state index in [4.69, 9.17) is 16.0 Å². The molecule has 6 nitrogen and oxygen atoms in total. The van der Waals surface area contributed by atoms with Gasteiger partial charge in [-0.15, -0.1) is 0 Å². The van der Waals surface area contributed by atoms with Crippen molar-refractivity contribution in [2.75, 3.05) is 33.8 Å². The second-order valence-electron chi connectivity index (χ2n) is 11.9. The van der Waals surface area contributed by atoms with Crippen LogP contribution in [0.1, 0.15) is 34.4 Å². The van der Waals surface area contributed by atoms with Crippen LogP contribution in [0.4, 0.5) is 31.1 Å². The van der Waals surface area contributed by atoms with Crippen molar-refractivity contribution in [2.45, 2.75) is 35.5 Å². The second-order valence-corrected chi connectivity index (χ2v) is 11.9. The monoisotopic (exact) mass is 864 g/mol. The Kier molecular flexibility index (Phi) is 12.8. The first-order valence-electron chi connectivity index (χ1n) is 14.4. The molecule has 6 rings (SSSR count). The summed E-state index contributed by atoms with van der Waals surface area (Å²) in [6.45, 7) is -0.443. The van der Waals surface area contributed by atoms with Gasteiger partial charge in [0.15, 0.2) is 0 Å². The van der Waals surface area contributed by atoms with Crippen LogP contribution in [-0.4, -0.2) is 77.9 Å². The number of urea groups is 1. The first-order chi connectivity index (χ1) is 21.1. The molecule has 3 aliphatic carbocycles. The van der Waals surface area contributed by atoms with Gasteiger partial charge in [-0.05, 0) is 30.8 Å². The van der Waals surface area contributed by atoms with Crippen LogP contribution in [0.5, 0.6) is 0 Å². The Hall–Kier alpha value is -2.17. The molecule has 6 atom stereocenters. The number of halogens is 6. The number of carbonyl (C=O) groups is 1. The summed E-state index contributed by atoms with van der Waals surface area (Å²) in [6, 6.07) is 24.8. The van der Waals surface area contributed by atoms with E-state index in [2.05, 4.69) is 0 Å². The number of rotatable bonds is 8. The summed E-state index contributed by atoms with van der Waals surface area (Å²) in [5.74, 6) is -12.9. The van der Waals surface area contributed by atoms with Crippen molar-refractivity contribution in [1.82, 2.24) is 9.96 Å². The normalized spacial score (nSPS) is 27.0. The van der Waals surface area contributed by atoms with Gasteiger partial charge in [0.25, 0.3) is 17.8 Å². The molecule has 3 aliphatic rings. The number of amides is 2. The third kappa shape index (κ3) is 8.64. The summed E-state index contributed by atoms with van der Waals surface area (Å²) in [5.41, 5.74) is 6.65. The summed E-state index contributed by atoms with van der Waals surface area (Å²) in [7, 11) is 3.66. The smallest absolute Gasteiger partial charge is 0.338 e. The van der Waals surface area contributed by atoms with E-state index in [0.717, 1.165) is 5.56 Å². The molecule has 247 valence electrons. The van der Waals surface area contributed by atoms with Gasteiger partial charge in [-0.1, -0.05) is 91.0 Å². The number of nitrogens with two attached hydrogens (primary N) is 1. The molecule has 3 aromatic carbocycles. The molecule has 0 saturated heterocycles. The molecule has 0 aromatic heterocycles. The fourth-order valence-corrected chi connectivity index (χ4v) is 5.87. The van der Waals surface area contributed by atoms with E-state index in [1.54, 1.807) is 72.8 Å². The number of hydrogen-bond acceptors (Lipinski definition) is 4. The number of aliphatic hydroxyl groups is 1. The quantitative estimate of drug-likeness (QED) is 0.139. The van der Waals surface area contributed by atoms with Gasteiger partial charge < -0.3 is 15.7 Å². The van der Waals surface area contributed by atoms with Crippen molar-refractivity contribution in [1.29, 1.82) is 0 Å². The molecule has 0 bridgehead atoms. The van der Waals surface area contributed by atoms with Crippen LogP contribution < -0.4 is 5.73 Å². The molecule has 1 radical (unpaired) electrons. The van der Waals surface area contributed by atoms with Gasteiger partial charge in [-0.3, -0.25) is 5.21 Å². The van der Waals surface area contributed by atoms with Crippen molar-refractivity contribution < 1.29 is 85.5 Å². The predicted molar refractivity (Wildman–Crippen MR) is 157 cm³/mol. The Morgan fingerprint density at radius 3 is 1.24 bits per heavy atom. The van der Waals surface area contributed by atoms with Gasteiger partial charge in [0, 0.05) is 56.5 Å². The SMILES string of the molecule is CN(C)C[C@@H]1C(c2ccccc2)C1(F)F.NC(=O)N(O)C[C@@H]1C(c2ccccc2)C1(F)F.OC[C@@H]1C(c2ccccc2)C1(F)F.[Ac]. The number of hydrogen-bond donors (Lipinski definition) is 3. The maximum atomic E-state index is 13.5. The minimum atomic E-state index is -2.90. The summed E-state index contributed by atoms with van der Waals surface area (Å²) < 4.78 is 79.9. The van der Waals surface area contributed by atoms with E-state index in [-0.39, 0.29) is 49.1 Å². The van der Waals surface area contributed by atoms with Gasteiger partial charge in [-0.25, -0.2) is 36.2 Å². The largest absolute Gasteiger partial charge is 0.396 e. The Bertz CT molecular complexity index is 1410. The minimum Gasteiger partial charge on any atom is -0.396 e. The Morgan fingerprint density at radius 1 is 0.652 bits per heavy atom. The Labute approximate surface area is 300 Å². The summed E-state index contributed by atoms with van der Waals surface area (Å²) in [5, 5.41) is 17.9. The number of primary amides is 1. The molecule has 0 heterocycles. The molecule has 0 aliphatic heterocycles. The molecule has 4 N–H and O–H groups in total. The Balaban J connectivity index is 0.000000187.